The van der Waals surface area contributed by atoms with Crippen molar-refractivity contribution in [2.24, 2.45) is 10.8 Å². The number of hydrazone groups is 1. The summed E-state index contributed by atoms with van der Waals surface area (Å²) >= 11 is 0. The van der Waals surface area contributed by atoms with Crippen molar-refractivity contribution < 1.29 is 14.3 Å². The molecule has 0 radical (unpaired) electrons. The lowest BCUT2D eigenvalue weighted by Crippen LogP contribution is -2.39. The number of ether oxygens (including phenoxy) is 1. The van der Waals surface area contributed by atoms with E-state index in [4.69, 9.17) is 10.5 Å². The third-order valence-electron chi connectivity index (χ3n) is 6.02. The van der Waals surface area contributed by atoms with Crippen molar-refractivity contribution in [2.45, 2.75) is 12.8 Å². The van der Waals surface area contributed by atoms with Gasteiger partial charge in [0.25, 0.3) is 11.8 Å². The number of nitrogens with two attached hydrogens (primary N) is 1. The first-order valence-electron chi connectivity index (χ1n) is 10.5. The van der Waals surface area contributed by atoms with Crippen LogP contribution in [0.1, 0.15) is 37.7 Å². The molecule has 0 aliphatic carbocycles. The molecule has 0 bridgehead atoms. The first kappa shape index (κ1) is 19.3. The van der Waals surface area contributed by atoms with E-state index < -0.39 is 5.91 Å². The quantitative estimate of drug-likeness (QED) is 0.456. The summed E-state index contributed by atoms with van der Waals surface area (Å²) in [6, 6.07) is 13.1. The lowest BCUT2D eigenvalue weighted by Gasteiger charge is -2.28. The number of nitrogens with one attached hydrogen (secondary N) is 3. The van der Waals surface area contributed by atoms with Gasteiger partial charge >= 0.3 is 0 Å². The molecule has 0 spiro atoms. The second-order valence-electron chi connectivity index (χ2n) is 7.92. The summed E-state index contributed by atoms with van der Waals surface area (Å²) in [6.45, 7) is 1.04. The molecule has 6 rings (SSSR count). The van der Waals surface area contributed by atoms with Gasteiger partial charge in [0.2, 0.25) is 0 Å². The van der Waals surface area contributed by atoms with E-state index in [1.54, 1.807) is 4.90 Å². The zero-order valence-electron chi connectivity index (χ0n) is 17.5. The van der Waals surface area contributed by atoms with Crippen LogP contribution >= 0.6 is 0 Å². The average Bonchev–Trinajstić information content (AvgIpc) is 3.58. The Morgan fingerprint density at radius 3 is 2.67 bits per heavy atom. The minimum atomic E-state index is -0.646. The molecule has 2 amide bonds. The molecular weight excluding hydrogens is 424 g/mol. The maximum Gasteiger partial charge on any atom is 0.277 e. The summed E-state index contributed by atoms with van der Waals surface area (Å²) in [5.74, 6) is 0.598. The van der Waals surface area contributed by atoms with Gasteiger partial charge in [-0.3, -0.25) is 15.0 Å². The predicted molar refractivity (Wildman–Crippen MR) is 119 cm³/mol. The third kappa shape index (κ3) is 3.09. The van der Waals surface area contributed by atoms with Gasteiger partial charge in [0.1, 0.15) is 11.4 Å². The number of amides is 2. The van der Waals surface area contributed by atoms with Gasteiger partial charge in [-0.05, 0) is 54.4 Å². The molecular formula is C22H20N8O3. The molecule has 0 atom stereocenters. The molecule has 2 aromatic carbocycles. The fraction of sp³-hybridized carbons (Fsp3) is 0.182. The van der Waals surface area contributed by atoms with Gasteiger partial charge in [-0.15, -0.1) is 10.6 Å². The van der Waals surface area contributed by atoms with Gasteiger partial charge in [0.15, 0.2) is 11.5 Å². The van der Waals surface area contributed by atoms with Gasteiger partial charge < -0.3 is 15.4 Å². The Bertz CT molecular complexity index is 1330. The third-order valence-corrected chi connectivity index (χ3v) is 6.02. The van der Waals surface area contributed by atoms with Crippen molar-refractivity contribution in [1.29, 1.82) is 0 Å². The number of primary amides is 1. The summed E-state index contributed by atoms with van der Waals surface area (Å²) in [7, 11) is 0. The maximum absolute atomic E-state index is 13.7. The van der Waals surface area contributed by atoms with Gasteiger partial charge in [-0.2, -0.15) is 5.10 Å². The number of hydrogen-bond donors (Lipinski definition) is 4. The molecule has 0 fully saturated rings. The number of anilines is 1. The molecule has 4 heterocycles. The van der Waals surface area contributed by atoms with Crippen LogP contribution in [0.15, 0.2) is 47.6 Å². The van der Waals surface area contributed by atoms with E-state index in [1.165, 1.54) is 4.68 Å². The normalized spacial score (nSPS) is 16.4. The maximum atomic E-state index is 13.7. The first-order valence-corrected chi connectivity index (χ1v) is 10.5. The SMILES string of the molecule is NC(=O)c1nn(-c2ccc3c(c2)CCO3)c2c1CCN(c1ccc(C3=NNNN3)cc1)C2=O. The molecule has 0 unspecified atom stereocenters. The molecule has 0 saturated carbocycles. The molecule has 0 saturated heterocycles. The summed E-state index contributed by atoms with van der Waals surface area (Å²) in [5, 5.41) is 8.53. The standard InChI is InChI=1S/C22H20N8O3/c23-20(31)18-16-7-9-29(14-3-1-12(2-4-14)21-24-27-28-25-21)22(32)19(16)30(26-18)15-5-6-17-13(11-15)8-10-33-17/h1-6,11,27-28H,7-10H2,(H2,23,31)(H,24,25). The number of carbonyl (C=O) groups excluding carboxylic acids is 2. The lowest BCUT2D eigenvalue weighted by molar-refractivity contribution is 0.0972. The summed E-state index contributed by atoms with van der Waals surface area (Å²) < 4.78 is 7.12. The monoisotopic (exact) mass is 444 g/mol. The van der Waals surface area contributed by atoms with Crippen LogP contribution in [0.3, 0.4) is 0 Å². The van der Waals surface area contributed by atoms with Crippen molar-refractivity contribution in [1.82, 2.24) is 26.3 Å². The Morgan fingerprint density at radius 1 is 1.09 bits per heavy atom. The molecule has 166 valence electrons. The molecule has 33 heavy (non-hydrogen) atoms. The minimum absolute atomic E-state index is 0.135. The van der Waals surface area contributed by atoms with E-state index in [2.05, 4.69) is 26.7 Å². The smallest absolute Gasteiger partial charge is 0.277 e. The van der Waals surface area contributed by atoms with Gasteiger partial charge in [0.05, 0.1) is 12.3 Å². The molecule has 3 aromatic rings. The van der Waals surface area contributed by atoms with E-state index in [1.807, 2.05) is 42.5 Å². The van der Waals surface area contributed by atoms with Gasteiger partial charge in [-0.1, -0.05) is 0 Å². The molecule has 3 aliphatic heterocycles. The number of aromatic nitrogens is 2. The number of amidine groups is 1. The molecule has 11 heteroatoms. The Hall–Kier alpha value is -4.38. The number of benzene rings is 2. The van der Waals surface area contributed by atoms with Crippen LogP contribution in [-0.2, 0) is 12.8 Å². The number of nitrogens with zero attached hydrogens (tertiary/aromatic N) is 4. The van der Waals surface area contributed by atoms with Crippen molar-refractivity contribution in [3.05, 3.63) is 70.5 Å². The van der Waals surface area contributed by atoms with Crippen LogP contribution < -0.4 is 31.9 Å². The van der Waals surface area contributed by atoms with Crippen LogP contribution in [0.2, 0.25) is 0 Å². The van der Waals surface area contributed by atoms with Crippen molar-refractivity contribution in [2.75, 3.05) is 18.1 Å². The molecule has 1 aromatic heterocycles. The largest absolute Gasteiger partial charge is 0.493 e. The lowest BCUT2D eigenvalue weighted by atomic mass is 10.0. The molecule has 3 aliphatic rings. The fourth-order valence-corrected chi connectivity index (χ4v) is 4.43. The summed E-state index contributed by atoms with van der Waals surface area (Å²) in [5.41, 5.74) is 18.2. The van der Waals surface area contributed by atoms with Crippen LogP contribution in [0.5, 0.6) is 5.75 Å². The predicted octanol–water partition coefficient (Wildman–Crippen LogP) is 0.383. The second kappa shape index (κ2) is 7.35. The summed E-state index contributed by atoms with van der Waals surface area (Å²) in [6.07, 6.45) is 1.25. The van der Waals surface area contributed by atoms with Crippen LogP contribution in [0.4, 0.5) is 5.69 Å². The number of hydrogen-bond acceptors (Lipinski definition) is 8. The highest BCUT2D eigenvalue weighted by Gasteiger charge is 2.34. The average molecular weight is 444 g/mol. The van der Waals surface area contributed by atoms with Crippen LogP contribution in [0, 0.1) is 0 Å². The van der Waals surface area contributed by atoms with E-state index >= 15 is 0 Å². The fourth-order valence-electron chi connectivity index (χ4n) is 4.43. The summed E-state index contributed by atoms with van der Waals surface area (Å²) in [4.78, 5) is 27.4. The van der Waals surface area contributed by atoms with E-state index in [0.717, 1.165) is 29.0 Å². The Morgan fingerprint density at radius 2 is 1.91 bits per heavy atom. The Labute approximate surface area is 188 Å². The molecule has 5 N–H and O–H groups in total. The Balaban J connectivity index is 1.39. The van der Waals surface area contributed by atoms with Crippen molar-refractivity contribution >= 4 is 23.3 Å². The van der Waals surface area contributed by atoms with Gasteiger partial charge in [-0.25, -0.2) is 10.2 Å². The highest BCUT2D eigenvalue weighted by molar-refractivity contribution is 6.10. The van der Waals surface area contributed by atoms with Gasteiger partial charge in [0, 0.05) is 29.8 Å². The highest BCUT2D eigenvalue weighted by Crippen LogP contribution is 2.32. The van der Waals surface area contributed by atoms with Crippen LogP contribution in [0.25, 0.3) is 5.69 Å². The van der Waals surface area contributed by atoms with E-state index in [9.17, 15) is 9.59 Å². The second-order valence-corrected chi connectivity index (χ2v) is 7.92. The number of fused-ring (bicyclic) bond motifs is 2. The van der Waals surface area contributed by atoms with Crippen LogP contribution in [-0.4, -0.2) is 40.6 Å². The van der Waals surface area contributed by atoms with Crippen molar-refractivity contribution in [3.8, 4) is 11.4 Å². The van der Waals surface area contributed by atoms with Crippen molar-refractivity contribution in [3.63, 3.8) is 0 Å². The number of rotatable bonds is 4. The Kier molecular flexibility index (Phi) is 4.30. The zero-order chi connectivity index (χ0) is 22.5. The molecule has 11 nitrogen and oxygen atoms in total. The topological polar surface area (TPSA) is 139 Å². The van der Waals surface area contributed by atoms with E-state index in [0.29, 0.717) is 42.4 Å². The zero-order valence-corrected chi connectivity index (χ0v) is 17.5. The highest BCUT2D eigenvalue weighted by atomic mass is 16.5. The minimum Gasteiger partial charge on any atom is -0.493 e. The number of carbonyl (C=O) groups is 2. The first-order chi connectivity index (χ1) is 16.1. The number of hydrazine groups is 2. The van der Waals surface area contributed by atoms with E-state index in [-0.39, 0.29) is 11.6 Å².